The standard InChI is InChI=1S/C30H18O9/c31-17-8-4-16(5-9-17)29-30(28(36)27-20(33)2-1-3-23(27)39-29)37-19-10-6-15(7-11-19)24-14-22(35)26-21(34)12-18(32)13-25(26)38-24/h1-14,31-34H. The number of phenolic OH excluding ortho intramolecular Hbond substituents is 4. The Hall–Kier alpha value is -5.70. The van der Waals surface area contributed by atoms with Crippen LogP contribution in [0.25, 0.3) is 44.6 Å². The summed E-state index contributed by atoms with van der Waals surface area (Å²) in [7, 11) is 0. The van der Waals surface area contributed by atoms with Crippen LogP contribution < -0.4 is 15.6 Å². The van der Waals surface area contributed by atoms with Crippen molar-refractivity contribution in [2.75, 3.05) is 0 Å². The SMILES string of the molecule is O=c1cc(-c2ccc(Oc3c(-c4ccc(O)cc4)oc4cccc(O)c4c3=O)cc2)oc2cc(O)cc(O)c12. The van der Waals surface area contributed by atoms with E-state index in [0.29, 0.717) is 11.1 Å². The highest BCUT2D eigenvalue weighted by atomic mass is 16.5. The van der Waals surface area contributed by atoms with Gasteiger partial charge in [0.05, 0.1) is 0 Å². The third-order valence-electron chi connectivity index (χ3n) is 6.14. The van der Waals surface area contributed by atoms with Crippen LogP contribution in [0.4, 0.5) is 0 Å². The van der Waals surface area contributed by atoms with E-state index in [0.717, 1.165) is 6.07 Å². The summed E-state index contributed by atoms with van der Waals surface area (Å²) in [6.45, 7) is 0. The molecular weight excluding hydrogens is 504 g/mol. The first-order chi connectivity index (χ1) is 18.8. The van der Waals surface area contributed by atoms with Crippen molar-refractivity contribution in [3.8, 4) is 57.1 Å². The lowest BCUT2D eigenvalue weighted by atomic mass is 10.1. The minimum Gasteiger partial charge on any atom is -0.508 e. The molecule has 2 aromatic heterocycles. The maximum Gasteiger partial charge on any atom is 0.239 e. The van der Waals surface area contributed by atoms with Crippen LogP contribution in [0, 0.1) is 0 Å². The summed E-state index contributed by atoms with van der Waals surface area (Å²) in [5.41, 5.74) is 0.0480. The summed E-state index contributed by atoms with van der Waals surface area (Å²) < 4.78 is 17.7. The quantitative estimate of drug-likeness (QED) is 0.224. The van der Waals surface area contributed by atoms with Crippen LogP contribution in [-0.2, 0) is 0 Å². The van der Waals surface area contributed by atoms with Crippen molar-refractivity contribution in [1.29, 1.82) is 0 Å². The van der Waals surface area contributed by atoms with Crippen molar-refractivity contribution < 1.29 is 34.0 Å². The molecule has 0 radical (unpaired) electrons. The zero-order valence-corrected chi connectivity index (χ0v) is 19.9. The number of hydrogen-bond donors (Lipinski definition) is 4. The van der Waals surface area contributed by atoms with Crippen LogP contribution >= 0.6 is 0 Å². The summed E-state index contributed by atoms with van der Waals surface area (Å²) in [6, 6.07) is 20.3. The molecule has 4 aromatic carbocycles. The number of aromatic hydroxyl groups is 4. The molecule has 0 bridgehead atoms. The molecule has 9 heteroatoms. The number of ether oxygens (including phenoxy) is 1. The topological polar surface area (TPSA) is 151 Å². The predicted molar refractivity (Wildman–Crippen MR) is 143 cm³/mol. The first kappa shape index (κ1) is 23.7. The monoisotopic (exact) mass is 522 g/mol. The Morgan fingerprint density at radius 2 is 1.33 bits per heavy atom. The van der Waals surface area contributed by atoms with Crippen LogP contribution in [0.15, 0.2) is 103 Å². The molecule has 0 unspecified atom stereocenters. The third-order valence-corrected chi connectivity index (χ3v) is 6.14. The maximum atomic E-state index is 13.4. The van der Waals surface area contributed by atoms with Crippen molar-refractivity contribution in [1.82, 2.24) is 0 Å². The van der Waals surface area contributed by atoms with Gasteiger partial charge < -0.3 is 34.0 Å². The second-order valence-corrected chi connectivity index (χ2v) is 8.73. The van der Waals surface area contributed by atoms with Crippen LogP contribution in [0.5, 0.6) is 34.5 Å². The molecule has 0 saturated carbocycles. The van der Waals surface area contributed by atoms with E-state index in [1.54, 1.807) is 48.5 Å². The van der Waals surface area contributed by atoms with Gasteiger partial charge in [0, 0.05) is 29.3 Å². The summed E-state index contributed by atoms with van der Waals surface area (Å²) >= 11 is 0. The van der Waals surface area contributed by atoms with E-state index in [1.807, 2.05) is 0 Å². The summed E-state index contributed by atoms with van der Waals surface area (Å²) in [6.07, 6.45) is 0. The highest BCUT2D eigenvalue weighted by molar-refractivity contribution is 5.87. The predicted octanol–water partition coefficient (Wildman–Crippen LogP) is 5.85. The minimum absolute atomic E-state index is 0.0162. The Kier molecular flexibility index (Phi) is 5.46. The Bertz CT molecular complexity index is 2000. The van der Waals surface area contributed by atoms with Crippen molar-refractivity contribution in [3.63, 3.8) is 0 Å². The zero-order chi connectivity index (χ0) is 27.3. The highest BCUT2D eigenvalue weighted by Gasteiger charge is 2.21. The molecule has 6 rings (SSSR count). The van der Waals surface area contributed by atoms with E-state index in [-0.39, 0.29) is 62.2 Å². The van der Waals surface area contributed by atoms with Gasteiger partial charge in [-0.15, -0.1) is 0 Å². The van der Waals surface area contributed by atoms with Gasteiger partial charge in [0.2, 0.25) is 11.2 Å². The molecule has 0 aliphatic carbocycles. The van der Waals surface area contributed by atoms with Gasteiger partial charge in [0.1, 0.15) is 56.4 Å². The van der Waals surface area contributed by atoms with E-state index >= 15 is 0 Å². The summed E-state index contributed by atoms with van der Waals surface area (Å²) in [5.74, 6) is -0.519. The molecule has 0 saturated heterocycles. The van der Waals surface area contributed by atoms with Gasteiger partial charge in [-0.05, 0) is 60.7 Å². The smallest absolute Gasteiger partial charge is 0.239 e. The lowest BCUT2D eigenvalue weighted by Gasteiger charge is -2.12. The van der Waals surface area contributed by atoms with Crippen LogP contribution in [0.2, 0.25) is 0 Å². The van der Waals surface area contributed by atoms with Crippen LogP contribution in [-0.4, -0.2) is 20.4 Å². The Balaban J connectivity index is 1.43. The molecule has 6 aromatic rings. The lowest BCUT2D eigenvalue weighted by molar-refractivity contribution is 0.452. The van der Waals surface area contributed by atoms with Gasteiger partial charge in [0.15, 0.2) is 11.2 Å². The number of phenols is 4. The number of rotatable bonds is 4. The van der Waals surface area contributed by atoms with E-state index in [1.165, 1.54) is 30.3 Å². The van der Waals surface area contributed by atoms with Gasteiger partial charge >= 0.3 is 0 Å². The number of benzene rings is 4. The fourth-order valence-corrected chi connectivity index (χ4v) is 4.30. The molecule has 192 valence electrons. The molecular formula is C30H18O9. The van der Waals surface area contributed by atoms with Gasteiger partial charge in [-0.2, -0.15) is 0 Å². The van der Waals surface area contributed by atoms with Crippen molar-refractivity contribution in [2.24, 2.45) is 0 Å². The third kappa shape index (κ3) is 4.17. The molecule has 0 fully saturated rings. The number of hydrogen-bond acceptors (Lipinski definition) is 9. The van der Waals surface area contributed by atoms with Gasteiger partial charge in [-0.3, -0.25) is 9.59 Å². The van der Waals surface area contributed by atoms with E-state index in [9.17, 15) is 30.0 Å². The van der Waals surface area contributed by atoms with Crippen LogP contribution in [0.3, 0.4) is 0 Å². The second kappa shape index (κ2) is 9.00. The van der Waals surface area contributed by atoms with Gasteiger partial charge in [-0.1, -0.05) is 6.07 Å². The van der Waals surface area contributed by atoms with Crippen molar-refractivity contribution in [3.05, 3.63) is 105 Å². The zero-order valence-electron chi connectivity index (χ0n) is 19.9. The largest absolute Gasteiger partial charge is 0.508 e. The van der Waals surface area contributed by atoms with Crippen molar-refractivity contribution >= 4 is 21.9 Å². The van der Waals surface area contributed by atoms with Gasteiger partial charge in [0.25, 0.3) is 0 Å². The molecule has 0 amide bonds. The molecule has 0 atom stereocenters. The molecule has 0 aliphatic rings. The lowest BCUT2D eigenvalue weighted by Crippen LogP contribution is -2.07. The molecule has 4 N–H and O–H groups in total. The van der Waals surface area contributed by atoms with Gasteiger partial charge in [-0.25, -0.2) is 0 Å². The maximum absolute atomic E-state index is 13.4. The first-order valence-corrected chi connectivity index (χ1v) is 11.6. The molecule has 39 heavy (non-hydrogen) atoms. The Morgan fingerprint density at radius 1 is 0.615 bits per heavy atom. The molecule has 9 nitrogen and oxygen atoms in total. The number of fused-ring (bicyclic) bond motifs is 2. The Morgan fingerprint density at radius 3 is 2.08 bits per heavy atom. The fourth-order valence-electron chi connectivity index (χ4n) is 4.30. The second-order valence-electron chi connectivity index (χ2n) is 8.73. The Labute approximate surface area is 218 Å². The van der Waals surface area contributed by atoms with Crippen molar-refractivity contribution in [2.45, 2.75) is 0 Å². The first-order valence-electron chi connectivity index (χ1n) is 11.6. The molecule has 0 spiro atoms. The molecule has 0 aliphatic heterocycles. The average molecular weight is 522 g/mol. The fraction of sp³-hybridized carbons (Fsp3) is 0. The van der Waals surface area contributed by atoms with E-state index < -0.39 is 16.6 Å². The average Bonchev–Trinajstić information content (AvgIpc) is 2.90. The molecule has 2 heterocycles. The van der Waals surface area contributed by atoms with E-state index in [2.05, 4.69) is 0 Å². The normalized spacial score (nSPS) is 11.2. The highest BCUT2D eigenvalue weighted by Crippen LogP contribution is 2.37. The van der Waals surface area contributed by atoms with E-state index in [4.69, 9.17) is 13.6 Å². The minimum atomic E-state index is -0.596. The summed E-state index contributed by atoms with van der Waals surface area (Å²) in [4.78, 5) is 26.0. The summed E-state index contributed by atoms with van der Waals surface area (Å²) in [5, 5.41) is 39.7. The van der Waals surface area contributed by atoms with Crippen LogP contribution in [0.1, 0.15) is 0 Å².